The van der Waals surface area contributed by atoms with Gasteiger partial charge >= 0.3 is 0 Å². The third-order valence-corrected chi connectivity index (χ3v) is 3.68. The lowest BCUT2D eigenvalue weighted by atomic mass is 10.0. The van der Waals surface area contributed by atoms with Crippen LogP contribution in [0.2, 0.25) is 0 Å². The highest BCUT2D eigenvalue weighted by molar-refractivity contribution is 5.97. The van der Waals surface area contributed by atoms with E-state index in [-0.39, 0.29) is 11.9 Å². The minimum Gasteiger partial charge on any atom is -0.399 e. The number of carbonyl (C=O) groups excluding carboxylic acids is 1. The van der Waals surface area contributed by atoms with Crippen molar-refractivity contribution in [2.45, 2.75) is 25.8 Å². The number of anilines is 2. The molecule has 1 aliphatic heterocycles. The molecule has 0 saturated carbocycles. The number of nitrogens with zero attached hydrogens (tertiary/aromatic N) is 4. The predicted molar refractivity (Wildman–Crippen MR) is 76.3 cm³/mol. The van der Waals surface area contributed by atoms with Crippen LogP contribution in [0.25, 0.3) is 0 Å². The van der Waals surface area contributed by atoms with Crippen LogP contribution in [-0.2, 0) is 11.2 Å². The second-order valence-corrected chi connectivity index (χ2v) is 5.03. The summed E-state index contributed by atoms with van der Waals surface area (Å²) in [7, 11) is 0. The summed E-state index contributed by atoms with van der Waals surface area (Å²) in [5.41, 5.74) is 8.65. The number of carbonyl (C=O) groups is 1. The molecule has 6 nitrogen and oxygen atoms in total. The van der Waals surface area contributed by atoms with Crippen molar-refractivity contribution in [2.24, 2.45) is 0 Å². The Morgan fingerprint density at radius 3 is 3.05 bits per heavy atom. The van der Waals surface area contributed by atoms with Gasteiger partial charge in [-0.3, -0.25) is 4.79 Å². The van der Waals surface area contributed by atoms with Crippen LogP contribution in [0.1, 0.15) is 24.9 Å². The fourth-order valence-electron chi connectivity index (χ4n) is 2.60. The minimum absolute atomic E-state index is 0.0289. The number of rotatable bonds is 2. The molecule has 6 heteroatoms. The first-order valence-electron chi connectivity index (χ1n) is 6.70. The van der Waals surface area contributed by atoms with Gasteiger partial charge in [-0.2, -0.15) is 5.10 Å². The fraction of sp³-hybridized carbons (Fsp3) is 0.357. The van der Waals surface area contributed by atoms with Crippen molar-refractivity contribution < 1.29 is 4.79 Å². The van der Waals surface area contributed by atoms with E-state index in [1.54, 1.807) is 11.0 Å². The SMILES string of the molecule is CC(C(=O)N1CCCc2cc(N)ccc21)n1cncn1. The Balaban J connectivity index is 1.90. The maximum atomic E-state index is 12.7. The summed E-state index contributed by atoms with van der Waals surface area (Å²) in [5, 5.41) is 4.04. The molecule has 1 amide bonds. The van der Waals surface area contributed by atoms with Gasteiger partial charge in [-0.25, -0.2) is 9.67 Å². The van der Waals surface area contributed by atoms with E-state index in [0.717, 1.165) is 36.3 Å². The number of aryl methyl sites for hydroxylation is 1. The molecule has 1 aliphatic rings. The topological polar surface area (TPSA) is 77.0 Å². The highest BCUT2D eigenvalue weighted by Gasteiger charge is 2.27. The molecule has 0 spiro atoms. The summed E-state index contributed by atoms with van der Waals surface area (Å²) in [6, 6.07) is 5.36. The first kappa shape index (κ1) is 12.7. The Labute approximate surface area is 117 Å². The molecule has 2 N–H and O–H groups in total. The van der Waals surface area contributed by atoms with Gasteiger partial charge < -0.3 is 10.6 Å². The first-order chi connectivity index (χ1) is 9.66. The summed E-state index contributed by atoms with van der Waals surface area (Å²) in [6.45, 7) is 2.57. The van der Waals surface area contributed by atoms with Gasteiger partial charge in [0.1, 0.15) is 18.7 Å². The van der Waals surface area contributed by atoms with Crippen LogP contribution in [0.4, 0.5) is 11.4 Å². The Bertz CT molecular complexity index is 622. The largest absolute Gasteiger partial charge is 0.399 e. The minimum atomic E-state index is -0.360. The predicted octanol–water partition coefficient (Wildman–Crippen LogP) is 1.40. The van der Waals surface area contributed by atoms with E-state index >= 15 is 0 Å². The number of hydrogen-bond donors (Lipinski definition) is 1. The summed E-state index contributed by atoms with van der Waals surface area (Å²) in [6.07, 6.45) is 4.92. The van der Waals surface area contributed by atoms with Crippen LogP contribution < -0.4 is 10.6 Å². The highest BCUT2D eigenvalue weighted by atomic mass is 16.2. The van der Waals surface area contributed by atoms with E-state index in [4.69, 9.17) is 5.73 Å². The van der Waals surface area contributed by atoms with E-state index in [2.05, 4.69) is 10.1 Å². The van der Waals surface area contributed by atoms with Gasteiger partial charge in [-0.1, -0.05) is 0 Å². The molecule has 1 unspecified atom stereocenters. The van der Waals surface area contributed by atoms with Gasteiger partial charge in [0.25, 0.3) is 5.91 Å². The van der Waals surface area contributed by atoms with Crippen molar-refractivity contribution in [1.82, 2.24) is 14.8 Å². The van der Waals surface area contributed by atoms with Crippen LogP contribution >= 0.6 is 0 Å². The zero-order valence-corrected chi connectivity index (χ0v) is 11.4. The second-order valence-electron chi connectivity index (χ2n) is 5.03. The lowest BCUT2D eigenvalue weighted by molar-refractivity contribution is -0.121. The highest BCUT2D eigenvalue weighted by Crippen LogP contribution is 2.30. The van der Waals surface area contributed by atoms with E-state index in [1.807, 2.05) is 30.0 Å². The molecule has 0 fully saturated rings. The van der Waals surface area contributed by atoms with Crippen molar-refractivity contribution in [3.63, 3.8) is 0 Å². The molecule has 2 aromatic rings. The molecule has 104 valence electrons. The van der Waals surface area contributed by atoms with Gasteiger partial charge in [0.15, 0.2) is 0 Å². The number of hydrogen-bond acceptors (Lipinski definition) is 4. The maximum Gasteiger partial charge on any atom is 0.251 e. The molecule has 0 radical (unpaired) electrons. The van der Waals surface area contributed by atoms with Crippen molar-refractivity contribution in [3.8, 4) is 0 Å². The van der Waals surface area contributed by atoms with E-state index in [9.17, 15) is 4.79 Å². The summed E-state index contributed by atoms with van der Waals surface area (Å²) >= 11 is 0. The molecule has 0 bridgehead atoms. The average Bonchev–Trinajstić information content (AvgIpc) is 2.99. The normalized spacial score (nSPS) is 15.8. The quantitative estimate of drug-likeness (QED) is 0.838. The third-order valence-electron chi connectivity index (χ3n) is 3.68. The monoisotopic (exact) mass is 271 g/mol. The van der Waals surface area contributed by atoms with Crippen molar-refractivity contribution >= 4 is 17.3 Å². The van der Waals surface area contributed by atoms with E-state index in [1.165, 1.54) is 6.33 Å². The number of benzene rings is 1. The van der Waals surface area contributed by atoms with Crippen LogP contribution in [0.5, 0.6) is 0 Å². The van der Waals surface area contributed by atoms with Gasteiger partial charge in [0.05, 0.1) is 0 Å². The zero-order valence-electron chi connectivity index (χ0n) is 11.4. The molecule has 0 saturated heterocycles. The fourth-order valence-corrected chi connectivity index (χ4v) is 2.60. The molecular weight excluding hydrogens is 254 g/mol. The summed E-state index contributed by atoms with van der Waals surface area (Å²) in [4.78, 5) is 18.4. The summed E-state index contributed by atoms with van der Waals surface area (Å²) < 4.78 is 1.58. The molecule has 20 heavy (non-hydrogen) atoms. The van der Waals surface area contributed by atoms with Gasteiger partial charge in [0, 0.05) is 17.9 Å². The molecule has 3 rings (SSSR count). The number of nitrogen functional groups attached to an aromatic ring is 1. The number of aromatic nitrogens is 3. The van der Waals surface area contributed by atoms with Crippen LogP contribution in [0.15, 0.2) is 30.9 Å². The van der Waals surface area contributed by atoms with E-state index < -0.39 is 0 Å². The molecule has 1 atom stereocenters. The lowest BCUT2D eigenvalue weighted by Gasteiger charge is -2.31. The average molecular weight is 271 g/mol. The lowest BCUT2D eigenvalue weighted by Crippen LogP contribution is -2.39. The molecular formula is C14H17N5O. The van der Waals surface area contributed by atoms with Crippen molar-refractivity contribution in [3.05, 3.63) is 36.4 Å². The van der Waals surface area contributed by atoms with Crippen molar-refractivity contribution in [2.75, 3.05) is 17.2 Å². The van der Waals surface area contributed by atoms with Crippen molar-refractivity contribution in [1.29, 1.82) is 0 Å². The molecule has 2 heterocycles. The van der Waals surface area contributed by atoms with Crippen LogP contribution in [-0.4, -0.2) is 27.2 Å². The Morgan fingerprint density at radius 2 is 2.30 bits per heavy atom. The second kappa shape index (κ2) is 4.96. The number of nitrogens with two attached hydrogens (primary N) is 1. The van der Waals surface area contributed by atoms with Gasteiger partial charge in [-0.05, 0) is 43.5 Å². The third kappa shape index (κ3) is 2.13. The molecule has 0 aliphatic carbocycles. The van der Waals surface area contributed by atoms with Crippen LogP contribution in [0.3, 0.4) is 0 Å². The summed E-state index contributed by atoms with van der Waals surface area (Å²) in [5.74, 6) is 0.0289. The number of fused-ring (bicyclic) bond motifs is 1. The van der Waals surface area contributed by atoms with Gasteiger partial charge in [0.2, 0.25) is 0 Å². The number of amides is 1. The first-order valence-corrected chi connectivity index (χ1v) is 6.70. The zero-order chi connectivity index (χ0) is 14.1. The Morgan fingerprint density at radius 1 is 1.45 bits per heavy atom. The van der Waals surface area contributed by atoms with Gasteiger partial charge in [-0.15, -0.1) is 0 Å². The molecule has 1 aromatic carbocycles. The van der Waals surface area contributed by atoms with E-state index in [0.29, 0.717) is 0 Å². The standard InChI is InChI=1S/C14H17N5O/c1-10(19-9-16-8-17-19)14(20)18-6-2-3-11-7-12(15)4-5-13(11)18/h4-5,7-10H,2-3,6,15H2,1H3. The smallest absolute Gasteiger partial charge is 0.251 e. The molecule has 1 aromatic heterocycles. The Kier molecular flexibility index (Phi) is 3.14. The van der Waals surface area contributed by atoms with Crippen LogP contribution in [0, 0.1) is 0 Å². The Hall–Kier alpha value is -2.37. The maximum absolute atomic E-state index is 12.7.